The molecular weight excluding hydrogens is 297 g/mol. The van der Waals surface area contributed by atoms with Crippen molar-refractivity contribution in [2.24, 2.45) is 0 Å². The van der Waals surface area contributed by atoms with Crippen LogP contribution in [-0.2, 0) is 0 Å². The normalized spacial score (nSPS) is 10.9. The van der Waals surface area contributed by atoms with E-state index >= 15 is 0 Å². The Labute approximate surface area is 124 Å². The van der Waals surface area contributed by atoms with Crippen LogP contribution in [-0.4, -0.2) is 4.98 Å². The molecule has 100 valence electrons. The molecule has 1 aromatic heterocycles. The predicted octanol–water partition coefficient (Wildman–Crippen LogP) is 4.47. The summed E-state index contributed by atoms with van der Waals surface area (Å²) in [4.78, 5) is 16.4. The molecule has 0 saturated heterocycles. The number of rotatable bonds is 1. The quantitative estimate of drug-likeness (QED) is 0.666. The zero-order valence-electron chi connectivity index (χ0n) is 10.5. The Morgan fingerprint density at radius 3 is 2.60 bits per heavy atom. The molecule has 0 fully saturated rings. The van der Waals surface area contributed by atoms with E-state index in [1.807, 2.05) is 13.0 Å². The van der Waals surface area contributed by atoms with Crippen molar-refractivity contribution in [2.75, 3.05) is 0 Å². The lowest BCUT2D eigenvalue weighted by atomic mass is 10.1. The predicted molar refractivity (Wildman–Crippen MR) is 80.5 cm³/mol. The van der Waals surface area contributed by atoms with Crippen molar-refractivity contribution in [3.63, 3.8) is 0 Å². The minimum absolute atomic E-state index is 0.227. The third-order valence-electron chi connectivity index (χ3n) is 2.95. The van der Waals surface area contributed by atoms with Gasteiger partial charge in [0, 0.05) is 5.56 Å². The molecule has 0 N–H and O–H groups in total. The molecule has 1 heterocycles. The van der Waals surface area contributed by atoms with Crippen molar-refractivity contribution in [1.82, 2.24) is 4.98 Å². The van der Waals surface area contributed by atoms with Crippen molar-refractivity contribution in [1.29, 1.82) is 0 Å². The van der Waals surface area contributed by atoms with E-state index in [4.69, 9.17) is 27.6 Å². The summed E-state index contributed by atoms with van der Waals surface area (Å²) in [7, 11) is 0. The Balaban J connectivity index is 2.24. The van der Waals surface area contributed by atoms with E-state index < -0.39 is 5.63 Å². The van der Waals surface area contributed by atoms with Crippen LogP contribution >= 0.6 is 23.2 Å². The molecule has 3 rings (SSSR count). The highest BCUT2D eigenvalue weighted by atomic mass is 35.5. The highest BCUT2D eigenvalue weighted by Crippen LogP contribution is 2.27. The lowest BCUT2D eigenvalue weighted by Gasteiger charge is -2.03. The van der Waals surface area contributed by atoms with Crippen LogP contribution in [0.1, 0.15) is 5.56 Å². The third-order valence-corrected chi connectivity index (χ3v) is 3.69. The second kappa shape index (κ2) is 4.93. The van der Waals surface area contributed by atoms with Crippen molar-refractivity contribution >= 4 is 34.1 Å². The minimum Gasteiger partial charge on any atom is -0.403 e. The summed E-state index contributed by atoms with van der Waals surface area (Å²) in [6.45, 7) is 1.91. The molecule has 3 aromatic rings. The zero-order valence-corrected chi connectivity index (χ0v) is 12.0. The molecule has 3 nitrogen and oxygen atoms in total. The molecule has 0 amide bonds. The number of hydrogen-bond donors (Lipinski definition) is 0. The summed E-state index contributed by atoms with van der Waals surface area (Å²) in [6.07, 6.45) is 0. The lowest BCUT2D eigenvalue weighted by Crippen LogP contribution is -2.03. The lowest BCUT2D eigenvalue weighted by molar-refractivity contribution is 0.518. The van der Waals surface area contributed by atoms with Crippen LogP contribution in [0.15, 0.2) is 45.6 Å². The van der Waals surface area contributed by atoms with Gasteiger partial charge in [-0.3, -0.25) is 0 Å². The fourth-order valence-corrected chi connectivity index (χ4v) is 2.24. The molecule has 0 radical (unpaired) electrons. The van der Waals surface area contributed by atoms with Gasteiger partial charge in [-0.25, -0.2) is 9.78 Å². The highest BCUT2D eigenvalue weighted by Gasteiger charge is 2.10. The Kier molecular flexibility index (Phi) is 3.24. The van der Waals surface area contributed by atoms with Crippen LogP contribution in [0.2, 0.25) is 10.0 Å². The van der Waals surface area contributed by atoms with Gasteiger partial charge in [-0.2, -0.15) is 0 Å². The Bertz CT molecular complexity index is 871. The molecule has 0 aliphatic rings. The van der Waals surface area contributed by atoms with Gasteiger partial charge < -0.3 is 4.42 Å². The van der Waals surface area contributed by atoms with Gasteiger partial charge in [0.05, 0.1) is 20.9 Å². The first kappa shape index (κ1) is 13.2. The molecule has 0 atom stereocenters. The van der Waals surface area contributed by atoms with E-state index in [0.717, 1.165) is 5.56 Å². The van der Waals surface area contributed by atoms with Crippen LogP contribution < -0.4 is 5.63 Å². The maximum atomic E-state index is 12.0. The average Bonchev–Trinajstić information content (AvgIpc) is 2.42. The molecule has 0 saturated carbocycles. The monoisotopic (exact) mass is 305 g/mol. The Hall–Kier alpha value is -1.84. The maximum Gasteiger partial charge on any atom is 0.347 e. The first-order valence-corrected chi connectivity index (χ1v) is 6.67. The number of hydrogen-bond acceptors (Lipinski definition) is 3. The molecular formula is C15H9Cl2NO2. The van der Waals surface area contributed by atoms with Crippen molar-refractivity contribution in [3.8, 4) is 11.5 Å². The molecule has 0 bridgehead atoms. The van der Waals surface area contributed by atoms with Gasteiger partial charge >= 0.3 is 5.63 Å². The average molecular weight is 306 g/mol. The minimum atomic E-state index is -0.417. The van der Waals surface area contributed by atoms with Crippen molar-refractivity contribution < 1.29 is 4.42 Å². The molecule has 0 unspecified atom stereocenters. The van der Waals surface area contributed by atoms with E-state index in [9.17, 15) is 4.79 Å². The van der Waals surface area contributed by atoms with Gasteiger partial charge in [0.25, 0.3) is 0 Å². The van der Waals surface area contributed by atoms with Gasteiger partial charge in [-0.1, -0.05) is 34.8 Å². The SMILES string of the molecule is Cc1ccc2nc(-c3ccc(Cl)c(Cl)c3)oc(=O)c2c1. The Morgan fingerprint density at radius 1 is 1.05 bits per heavy atom. The fourth-order valence-electron chi connectivity index (χ4n) is 1.94. The van der Waals surface area contributed by atoms with Crippen LogP contribution in [0.4, 0.5) is 0 Å². The van der Waals surface area contributed by atoms with Crippen LogP contribution in [0.25, 0.3) is 22.4 Å². The highest BCUT2D eigenvalue weighted by molar-refractivity contribution is 6.42. The van der Waals surface area contributed by atoms with Gasteiger partial charge in [0.1, 0.15) is 0 Å². The molecule has 20 heavy (non-hydrogen) atoms. The first-order valence-electron chi connectivity index (χ1n) is 5.91. The molecule has 2 aromatic carbocycles. The standard InChI is InChI=1S/C15H9Cl2NO2/c1-8-2-5-13-10(6-8)15(19)20-14(18-13)9-3-4-11(16)12(17)7-9/h2-7H,1H3. The van der Waals surface area contributed by atoms with Crippen LogP contribution in [0, 0.1) is 6.92 Å². The number of benzene rings is 2. The number of aromatic nitrogens is 1. The summed E-state index contributed by atoms with van der Waals surface area (Å²) in [5, 5.41) is 1.29. The maximum absolute atomic E-state index is 12.0. The molecule has 0 spiro atoms. The largest absolute Gasteiger partial charge is 0.403 e. The summed E-state index contributed by atoms with van der Waals surface area (Å²) < 4.78 is 5.26. The smallest absolute Gasteiger partial charge is 0.347 e. The third kappa shape index (κ3) is 2.30. The van der Waals surface area contributed by atoms with Crippen LogP contribution in [0.5, 0.6) is 0 Å². The molecule has 0 aliphatic carbocycles. The second-order valence-electron chi connectivity index (χ2n) is 4.46. The fraction of sp³-hybridized carbons (Fsp3) is 0.0667. The molecule has 0 aliphatic heterocycles. The van der Waals surface area contributed by atoms with E-state index in [0.29, 0.717) is 26.5 Å². The van der Waals surface area contributed by atoms with E-state index in [-0.39, 0.29) is 5.89 Å². The summed E-state index contributed by atoms with van der Waals surface area (Å²) >= 11 is 11.8. The summed E-state index contributed by atoms with van der Waals surface area (Å²) in [5.74, 6) is 0.227. The summed E-state index contributed by atoms with van der Waals surface area (Å²) in [5.41, 5.74) is 1.76. The van der Waals surface area contributed by atoms with Gasteiger partial charge in [0.2, 0.25) is 5.89 Å². The summed E-state index contributed by atoms with van der Waals surface area (Å²) in [6, 6.07) is 10.4. The number of halogens is 2. The van der Waals surface area contributed by atoms with E-state index in [1.165, 1.54) is 0 Å². The van der Waals surface area contributed by atoms with Crippen molar-refractivity contribution in [3.05, 3.63) is 62.4 Å². The second-order valence-corrected chi connectivity index (χ2v) is 5.27. The van der Waals surface area contributed by atoms with Crippen molar-refractivity contribution in [2.45, 2.75) is 6.92 Å². The number of fused-ring (bicyclic) bond motifs is 1. The number of aryl methyl sites for hydroxylation is 1. The topological polar surface area (TPSA) is 43.1 Å². The zero-order chi connectivity index (χ0) is 14.3. The molecule has 5 heteroatoms. The van der Waals surface area contributed by atoms with Gasteiger partial charge in [-0.15, -0.1) is 0 Å². The van der Waals surface area contributed by atoms with Crippen LogP contribution in [0.3, 0.4) is 0 Å². The first-order chi connectivity index (χ1) is 9.54. The van der Waals surface area contributed by atoms with E-state index in [1.54, 1.807) is 30.3 Å². The van der Waals surface area contributed by atoms with Gasteiger partial charge in [-0.05, 0) is 37.3 Å². The van der Waals surface area contributed by atoms with E-state index in [2.05, 4.69) is 4.98 Å². The number of nitrogens with zero attached hydrogens (tertiary/aromatic N) is 1. The van der Waals surface area contributed by atoms with Gasteiger partial charge in [0.15, 0.2) is 0 Å². The Morgan fingerprint density at radius 2 is 1.85 bits per heavy atom.